The van der Waals surface area contributed by atoms with E-state index in [1.165, 1.54) is 6.33 Å². The topological polar surface area (TPSA) is 98.5 Å². The number of nitrogen functional groups attached to an aromatic ring is 1. The molecule has 0 saturated heterocycles. The SMILES string of the molecule is Nc1ncnc2c1C(c1cccc(O)c1)=N[N]2. The van der Waals surface area contributed by atoms with Crippen molar-refractivity contribution in [1.82, 2.24) is 15.4 Å². The zero-order chi connectivity index (χ0) is 11.8. The fourth-order valence-electron chi connectivity index (χ4n) is 1.70. The van der Waals surface area contributed by atoms with Gasteiger partial charge in [0.15, 0.2) is 5.82 Å². The van der Waals surface area contributed by atoms with Crippen LogP contribution in [0.15, 0.2) is 35.7 Å². The molecule has 83 valence electrons. The Morgan fingerprint density at radius 1 is 1.18 bits per heavy atom. The van der Waals surface area contributed by atoms with Gasteiger partial charge in [-0.3, -0.25) is 0 Å². The number of nitrogens with two attached hydrogens (primary N) is 1. The van der Waals surface area contributed by atoms with Crippen LogP contribution in [0.2, 0.25) is 0 Å². The summed E-state index contributed by atoms with van der Waals surface area (Å²) < 4.78 is 0. The highest BCUT2D eigenvalue weighted by molar-refractivity contribution is 6.19. The number of aromatic nitrogens is 2. The van der Waals surface area contributed by atoms with Crippen LogP contribution in [0.3, 0.4) is 0 Å². The Morgan fingerprint density at radius 3 is 2.88 bits per heavy atom. The number of anilines is 1. The third kappa shape index (κ3) is 1.46. The van der Waals surface area contributed by atoms with Crippen LogP contribution in [0.25, 0.3) is 0 Å². The van der Waals surface area contributed by atoms with E-state index in [9.17, 15) is 5.11 Å². The van der Waals surface area contributed by atoms with Gasteiger partial charge in [-0.05, 0) is 12.1 Å². The molecule has 0 atom stereocenters. The predicted octanol–water partition coefficient (Wildman–Crippen LogP) is 0.766. The number of hydrogen-bond donors (Lipinski definition) is 2. The maximum absolute atomic E-state index is 9.44. The lowest BCUT2D eigenvalue weighted by atomic mass is 10.0. The second-order valence-corrected chi connectivity index (χ2v) is 3.56. The maximum atomic E-state index is 9.44. The fourth-order valence-corrected chi connectivity index (χ4v) is 1.70. The van der Waals surface area contributed by atoms with E-state index in [0.29, 0.717) is 22.9 Å². The summed E-state index contributed by atoms with van der Waals surface area (Å²) in [5.74, 6) is 0.947. The van der Waals surface area contributed by atoms with Gasteiger partial charge < -0.3 is 10.8 Å². The number of fused-ring (bicyclic) bond motifs is 1. The number of rotatable bonds is 1. The Labute approximate surface area is 96.8 Å². The Hall–Kier alpha value is -2.63. The third-order valence-corrected chi connectivity index (χ3v) is 2.46. The fraction of sp³-hybridized carbons (Fsp3) is 0. The standard InChI is InChI=1S/C11H8N5O/c12-10-8-9(6-2-1-3-7(17)4-6)15-16-11(8)14-5-13-10/h1-5,17H,(H2,12,13,14). The van der Waals surface area contributed by atoms with Crippen molar-refractivity contribution < 1.29 is 5.11 Å². The van der Waals surface area contributed by atoms with Gasteiger partial charge in [-0.1, -0.05) is 12.1 Å². The van der Waals surface area contributed by atoms with Gasteiger partial charge in [0.05, 0.1) is 5.56 Å². The Bertz CT molecular complexity index is 623. The van der Waals surface area contributed by atoms with Gasteiger partial charge in [-0.2, -0.15) is 0 Å². The van der Waals surface area contributed by atoms with E-state index in [2.05, 4.69) is 20.5 Å². The first-order valence-electron chi connectivity index (χ1n) is 4.94. The molecule has 0 saturated carbocycles. The van der Waals surface area contributed by atoms with Gasteiger partial charge in [0, 0.05) is 5.56 Å². The highest BCUT2D eigenvalue weighted by Gasteiger charge is 2.24. The molecule has 0 spiro atoms. The molecule has 2 heterocycles. The first-order chi connectivity index (χ1) is 8.25. The van der Waals surface area contributed by atoms with Crippen molar-refractivity contribution in [3.8, 4) is 5.75 Å². The number of hydrogen-bond acceptors (Lipinski definition) is 5. The second kappa shape index (κ2) is 3.44. The van der Waals surface area contributed by atoms with Gasteiger partial charge >= 0.3 is 0 Å². The first-order valence-corrected chi connectivity index (χ1v) is 4.94. The van der Waals surface area contributed by atoms with Gasteiger partial charge in [0.1, 0.15) is 23.6 Å². The van der Waals surface area contributed by atoms with E-state index in [0.717, 1.165) is 5.56 Å². The lowest BCUT2D eigenvalue weighted by Gasteiger charge is -2.04. The quantitative estimate of drug-likeness (QED) is 0.750. The predicted molar refractivity (Wildman–Crippen MR) is 62.0 cm³/mol. The Kier molecular flexibility index (Phi) is 1.94. The molecule has 6 heteroatoms. The summed E-state index contributed by atoms with van der Waals surface area (Å²) >= 11 is 0. The summed E-state index contributed by atoms with van der Waals surface area (Å²) in [4.78, 5) is 7.90. The van der Waals surface area contributed by atoms with Crippen LogP contribution in [-0.2, 0) is 0 Å². The van der Waals surface area contributed by atoms with E-state index in [-0.39, 0.29) is 5.75 Å². The number of benzene rings is 1. The highest BCUT2D eigenvalue weighted by atomic mass is 16.3. The van der Waals surface area contributed by atoms with Crippen molar-refractivity contribution in [2.24, 2.45) is 5.10 Å². The van der Waals surface area contributed by atoms with Crippen molar-refractivity contribution in [2.45, 2.75) is 0 Å². The molecule has 1 radical (unpaired) electrons. The zero-order valence-corrected chi connectivity index (χ0v) is 8.70. The van der Waals surface area contributed by atoms with E-state index < -0.39 is 0 Å². The largest absolute Gasteiger partial charge is 0.508 e. The molecule has 2 aromatic rings. The molecule has 0 bridgehead atoms. The molecule has 1 aliphatic heterocycles. The van der Waals surface area contributed by atoms with E-state index >= 15 is 0 Å². The normalized spacial score (nSPS) is 12.8. The molecular weight excluding hydrogens is 218 g/mol. The van der Waals surface area contributed by atoms with Crippen molar-refractivity contribution >= 4 is 17.3 Å². The number of phenolic OH excluding ortho intramolecular Hbond substituents is 1. The molecule has 17 heavy (non-hydrogen) atoms. The van der Waals surface area contributed by atoms with Crippen LogP contribution < -0.4 is 11.2 Å². The summed E-state index contributed by atoms with van der Waals surface area (Å²) in [6.07, 6.45) is 1.35. The lowest BCUT2D eigenvalue weighted by molar-refractivity contribution is 0.475. The van der Waals surface area contributed by atoms with E-state index in [1.54, 1.807) is 18.2 Å². The van der Waals surface area contributed by atoms with Crippen molar-refractivity contribution in [2.75, 3.05) is 5.73 Å². The maximum Gasteiger partial charge on any atom is 0.189 e. The average molecular weight is 226 g/mol. The summed E-state index contributed by atoms with van der Waals surface area (Å²) in [6.45, 7) is 0. The molecule has 0 unspecified atom stereocenters. The molecule has 3 rings (SSSR count). The van der Waals surface area contributed by atoms with Crippen LogP contribution in [-0.4, -0.2) is 20.8 Å². The Morgan fingerprint density at radius 2 is 2.06 bits per heavy atom. The third-order valence-electron chi connectivity index (χ3n) is 2.46. The Balaban J connectivity index is 2.15. The van der Waals surface area contributed by atoms with Crippen LogP contribution >= 0.6 is 0 Å². The van der Waals surface area contributed by atoms with E-state index in [4.69, 9.17) is 5.73 Å². The molecule has 0 amide bonds. The minimum absolute atomic E-state index is 0.161. The van der Waals surface area contributed by atoms with Crippen LogP contribution in [0, 0.1) is 0 Å². The van der Waals surface area contributed by atoms with Gasteiger partial charge in [-0.25, -0.2) is 9.97 Å². The van der Waals surface area contributed by atoms with Crippen LogP contribution in [0.5, 0.6) is 5.75 Å². The summed E-state index contributed by atoms with van der Waals surface area (Å²) in [5.41, 5.74) is 11.6. The van der Waals surface area contributed by atoms with Crippen molar-refractivity contribution in [1.29, 1.82) is 0 Å². The van der Waals surface area contributed by atoms with Gasteiger partial charge in [0.25, 0.3) is 0 Å². The van der Waals surface area contributed by atoms with Crippen LogP contribution in [0.1, 0.15) is 11.1 Å². The summed E-state index contributed by atoms with van der Waals surface area (Å²) in [6, 6.07) is 6.72. The molecule has 1 aromatic carbocycles. The second-order valence-electron chi connectivity index (χ2n) is 3.56. The van der Waals surface area contributed by atoms with Gasteiger partial charge in [0.2, 0.25) is 0 Å². The van der Waals surface area contributed by atoms with Crippen molar-refractivity contribution in [3.05, 3.63) is 41.7 Å². The molecule has 1 aromatic heterocycles. The molecule has 3 N–H and O–H groups in total. The number of nitrogens with zero attached hydrogens (tertiary/aromatic N) is 4. The molecule has 1 aliphatic rings. The smallest absolute Gasteiger partial charge is 0.189 e. The minimum Gasteiger partial charge on any atom is -0.508 e. The molecule has 0 aliphatic carbocycles. The first kappa shape index (κ1) is 9.59. The highest BCUT2D eigenvalue weighted by Crippen LogP contribution is 2.27. The minimum atomic E-state index is 0.161. The zero-order valence-electron chi connectivity index (χ0n) is 8.70. The molecular formula is C11H8N5O. The van der Waals surface area contributed by atoms with Gasteiger partial charge in [-0.15, -0.1) is 10.5 Å². The van der Waals surface area contributed by atoms with Crippen molar-refractivity contribution in [3.63, 3.8) is 0 Å². The van der Waals surface area contributed by atoms with E-state index in [1.807, 2.05) is 6.07 Å². The summed E-state index contributed by atoms with van der Waals surface area (Å²) in [5, 5.41) is 13.5. The molecule has 0 fully saturated rings. The lowest BCUT2D eigenvalue weighted by Crippen LogP contribution is -2.06. The average Bonchev–Trinajstić information content (AvgIpc) is 2.74. The number of phenols is 1. The van der Waals surface area contributed by atoms with Crippen LogP contribution in [0.4, 0.5) is 11.6 Å². The monoisotopic (exact) mass is 226 g/mol. The molecule has 6 nitrogen and oxygen atoms in total. The summed E-state index contributed by atoms with van der Waals surface area (Å²) in [7, 11) is 0. The number of aromatic hydroxyl groups is 1.